The van der Waals surface area contributed by atoms with Crippen molar-refractivity contribution < 1.29 is 9.53 Å². The molecule has 0 saturated heterocycles. The van der Waals surface area contributed by atoms with Crippen molar-refractivity contribution >= 4 is 22.2 Å². The van der Waals surface area contributed by atoms with Gasteiger partial charge >= 0.3 is 0 Å². The zero-order chi connectivity index (χ0) is 12.3. The van der Waals surface area contributed by atoms with Gasteiger partial charge in [-0.05, 0) is 41.1 Å². The second kappa shape index (κ2) is 5.14. The van der Waals surface area contributed by atoms with Crippen molar-refractivity contribution in [3.05, 3.63) is 34.4 Å². The Bertz CT molecular complexity index is 537. The maximum atomic E-state index is 10.8. The average Bonchev–Trinajstić information content (AvgIpc) is 2.80. The third-order valence-corrected chi connectivity index (χ3v) is 2.94. The predicted molar refractivity (Wildman–Crippen MR) is 68.3 cm³/mol. The molecule has 2 aromatic rings. The summed E-state index contributed by atoms with van der Waals surface area (Å²) < 4.78 is 6.27. The van der Waals surface area contributed by atoms with E-state index < -0.39 is 0 Å². The van der Waals surface area contributed by atoms with Crippen molar-refractivity contribution in [1.82, 2.24) is 10.2 Å². The van der Waals surface area contributed by atoms with Crippen LogP contribution in [0.25, 0.3) is 11.3 Å². The molecular weight excluding hydrogens is 284 g/mol. The normalized spacial score (nSPS) is 10.2. The van der Waals surface area contributed by atoms with Gasteiger partial charge in [-0.25, -0.2) is 0 Å². The lowest BCUT2D eigenvalue weighted by Gasteiger charge is -2.07. The quantitative estimate of drug-likeness (QED) is 0.882. The van der Waals surface area contributed by atoms with Crippen LogP contribution < -0.4 is 4.74 Å². The average molecular weight is 295 g/mol. The van der Waals surface area contributed by atoms with E-state index >= 15 is 0 Å². The van der Waals surface area contributed by atoms with Crippen LogP contribution in [0.2, 0.25) is 0 Å². The van der Waals surface area contributed by atoms with E-state index in [0.29, 0.717) is 17.9 Å². The zero-order valence-electron chi connectivity index (χ0n) is 9.24. The van der Waals surface area contributed by atoms with Crippen molar-refractivity contribution in [1.29, 1.82) is 0 Å². The number of ether oxygens (including phenoxy) is 1. The van der Waals surface area contributed by atoms with Gasteiger partial charge in [-0.2, -0.15) is 5.10 Å². The molecule has 0 saturated carbocycles. The molecular formula is C12H11BrN2O2. The third-order valence-electron chi connectivity index (χ3n) is 2.32. The van der Waals surface area contributed by atoms with Crippen molar-refractivity contribution in [3.63, 3.8) is 0 Å². The number of nitrogens with zero attached hydrogens (tertiary/aromatic N) is 1. The summed E-state index contributed by atoms with van der Waals surface area (Å²) in [6.45, 7) is 2.54. The molecule has 1 aromatic carbocycles. The number of halogens is 1. The summed E-state index contributed by atoms with van der Waals surface area (Å²) in [6, 6.07) is 5.64. The minimum atomic E-state index is 0.543. The Morgan fingerprint density at radius 1 is 1.53 bits per heavy atom. The lowest BCUT2D eigenvalue weighted by atomic mass is 10.1. The first kappa shape index (κ1) is 11.9. The molecule has 0 spiro atoms. The van der Waals surface area contributed by atoms with Gasteiger partial charge in [0, 0.05) is 5.56 Å². The highest BCUT2D eigenvalue weighted by atomic mass is 79.9. The molecule has 0 amide bonds. The number of rotatable bonds is 4. The molecule has 0 bridgehead atoms. The summed E-state index contributed by atoms with van der Waals surface area (Å²) in [5.74, 6) is 0.781. The molecule has 17 heavy (non-hydrogen) atoms. The van der Waals surface area contributed by atoms with E-state index in [2.05, 4.69) is 26.1 Å². The SMILES string of the molecule is CCOc1ccc(-c2[nH]ncc2C=O)cc1Br. The molecule has 0 aliphatic heterocycles. The highest BCUT2D eigenvalue weighted by Gasteiger charge is 2.09. The number of H-pyrrole nitrogens is 1. The summed E-state index contributed by atoms with van der Waals surface area (Å²) in [6.07, 6.45) is 2.29. The number of hydrogen-bond donors (Lipinski definition) is 1. The number of benzene rings is 1. The van der Waals surface area contributed by atoms with Crippen molar-refractivity contribution in [2.75, 3.05) is 6.61 Å². The lowest BCUT2D eigenvalue weighted by Crippen LogP contribution is -1.93. The van der Waals surface area contributed by atoms with E-state index in [9.17, 15) is 4.79 Å². The molecule has 4 nitrogen and oxygen atoms in total. The number of aldehydes is 1. The lowest BCUT2D eigenvalue weighted by molar-refractivity contribution is 0.112. The Hall–Kier alpha value is -1.62. The molecule has 0 unspecified atom stereocenters. The van der Waals surface area contributed by atoms with E-state index in [4.69, 9.17) is 4.74 Å². The minimum absolute atomic E-state index is 0.543. The van der Waals surface area contributed by atoms with Gasteiger partial charge in [-0.3, -0.25) is 9.89 Å². The van der Waals surface area contributed by atoms with Crippen LogP contribution >= 0.6 is 15.9 Å². The fourth-order valence-electron chi connectivity index (χ4n) is 1.54. The summed E-state index contributed by atoms with van der Waals surface area (Å²) in [4.78, 5) is 10.8. The monoisotopic (exact) mass is 294 g/mol. The number of nitrogens with one attached hydrogen (secondary N) is 1. The molecule has 5 heteroatoms. The molecule has 0 aliphatic rings. The molecule has 2 rings (SSSR count). The van der Waals surface area contributed by atoms with Crippen LogP contribution in [0.4, 0.5) is 0 Å². The first-order valence-corrected chi connectivity index (χ1v) is 5.96. The number of aromatic amines is 1. The third kappa shape index (κ3) is 2.39. The van der Waals surface area contributed by atoms with Gasteiger partial charge in [-0.1, -0.05) is 0 Å². The first-order valence-electron chi connectivity index (χ1n) is 5.17. The molecule has 1 heterocycles. The van der Waals surface area contributed by atoms with E-state index in [-0.39, 0.29) is 0 Å². The van der Waals surface area contributed by atoms with Crippen LogP contribution in [0.15, 0.2) is 28.9 Å². The molecule has 88 valence electrons. The summed E-state index contributed by atoms with van der Waals surface area (Å²) in [5, 5.41) is 6.66. The Balaban J connectivity index is 2.41. The Morgan fingerprint density at radius 3 is 3.00 bits per heavy atom. The van der Waals surface area contributed by atoms with Crippen LogP contribution in [0.1, 0.15) is 17.3 Å². The maximum absolute atomic E-state index is 10.8. The second-order valence-electron chi connectivity index (χ2n) is 3.40. The van der Waals surface area contributed by atoms with E-state index in [1.54, 1.807) is 0 Å². The van der Waals surface area contributed by atoms with Crippen LogP contribution in [0, 0.1) is 0 Å². The van der Waals surface area contributed by atoms with Gasteiger partial charge in [0.25, 0.3) is 0 Å². The Morgan fingerprint density at radius 2 is 2.35 bits per heavy atom. The minimum Gasteiger partial charge on any atom is -0.493 e. The number of aromatic nitrogens is 2. The second-order valence-corrected chi connectivity index (χ2v) is 4.25. The summed E-state index contributed by atoms with van der Waals surface area (Å²) in [5.41, 5.74) is 2.14. The van der Waals surface area contributed by atoms with Gasteiger partial charge in [-0.15, -0.1) is 0 Å². The number of hydrogen-bond acceptors (Lipinski definition) is 3. The van der Waals surface area contributed by atoms with E-state index in [1.807, 2.05) is 25.1 Å². The number of carbonyl (C=O) groups is 1. The largest absolute Gasteiger partial charge is 0.493 e. The van der Waals surface area contributed by atoms with E-state index in [0.717, 1.165) is 22.1 Å². The fraction of sp³-hybridized carbons (Fsp3) is 0.167. The molecule has 0 aliphatic carbocycles. The van der Waals surface area contributed by atoms with Crippen LogP contribution in [0.5, 0.6) is 5.75 Å². The molecule has 1 aromatic heterocycles. The highest BCUT2D eigenvalue weighted by molar-refractivity contribution is 9.10. The predicted octanol–water partition coefficient (Wildman–Crippen LogP) is 3.05. The standard InChI is InChI=1S/C12H11BrN2O2/c1-2-17-11-4-3-8(5-10(11)13)12-9(7-16)6-14-15-12/h3-7H,2H2,1H3,(H,14,15). The Kier molecular flexibility index (Phi) is 3.58. The van der Waals surface area contributed by atoms with Gasteiger partial charge in [0.2, 0.25) is 0 Å². The topological polar surface area (TPSA) is 55.0 Å². The fourth-order valence-corrected chi connectivity index (χ4v) is 2.04. The maximum Gasteiger partial charge on any atom is 0.153 e. The molecule has 1 N–H and O–H groups in total. The molecule has 0 fully saturated rings. The van der Waals surface area contributed by atoms with Gasteiger partial charge in [0.1, 0.15) is 5.75 Å². The van der Waals surface area contributed by atoms with E-state index in [1.165, 1.54) is 6.20 Å². The highest BCUT2D eigenvalue weighted by Crippen LogP contribution is 2.30. The van der Waals surface area contributed by atoms with Crippen LogP contribution in [0.3, 0.4) is 0 Å². The number of carbonyl (C=O) groups excluding carboxylic acids is 1. The van der Waals surface area contributed by atoms with Gasteiger partial charge < -0.3 is 4.74 Å². The summed E-state index contributed by atoms with van der Waals surface area (Å²) >= 11 is 3.43. The van der Waals surface area contributed by atoms with Crippen LogP contribution in [-0.2, 0) is 0 Å². The Labute approximate surface area is 107 Å². The van der Waals surface area contributed by atoms with Gasteiger partial charge in [0.15, 0.2) is 6.29 Å². The zero-order valence-corrected chi connectivity index (χ0v) is 10.8. The summed E-state index contributed by atoms with van der Waals surface area (Å²) in [7, 11) is 0. The first-order chi connectivity index (χ1) is 8.26. The van der Waals surface area contributed by atoms with Crippen molar-refractivity contribution in [2.24, 2.45) is 0 Å². The smallest absolute Gasteiger partial charge is 0.153 e. The van der Waals surface area contributed by atoms with Crippen molar-refractivity contribution in [2.45, 2.75) is 6.92 Å². The van der Waals surface area contributed by atoms with Crippen molar-refractivity contribution in [3.8, 4) is 17.0 Å². The molecule has 0 radical (unpaired) electrons. The molecule has 0 atom stereocenters. The van der Waals surface area contributed by atoms with Gasteiger partial charge in [0.05, 0.1) is 28.5 Å². The van der Waals surface area contributed by atoms with Crippen LogP contribution in [-0.4, -0.2) is 23.1 Å².